The van der Waals surface area contributed by atoms with Gasteiger partial charge in [0, 0.05) is 31.5 Å². The lowest BCUT2D eigenvalue weighted by Gasteiger charge is -2.34. The predicted molar refractivity (Wildman–Crippen MR) is 97.8 cm³/mol. The summed E-state index contributed by atoms with van der Waals surface area (Å²) >= 11 is 0. The van der Waals surface area contributed by atoms with E-state index in [0.29, 0.717) is 18.8 Å². The average molecular weight is 350 g/mol. The number of aromatic nitrogens is 2. The number of hydrogen-bond donors (Lipinski definition) is 1. The van der Waals surface area contributed by atoms with Crippen molar-refractivity contribution in [2.45, 2.75) is 25.6 Å². The molecule has 1 aliphatic rings. The Labute approximate surface area is 152 Å². The van der Waals surface area contributed by atoms with E-state index in [1.54, 1.807) is 18.6 Å². The fourth-order valence-electron chi connectivity index (χ4n) is 3.39. The summed E-state index contributed by atoms with van der Waals surface area (Å²) in [5.41, 5.74) is 2.73. The van der Waals surface area contributed by atoms with Crippen LogP contribution in [-0.4, -0.2) is 40.0 Å². The van der Waals surface area contributed by atoms with Crippen molar-refractivity contribution in [2.75, 3.05) is 13.6 Å². The van der Waals surface area contributed by atoms with Crippen LogP contribution in [0, 0.1) is 0 Å². The molecule has 2 aromatic heterocycles. The van der Waals surface area contributed by atoms with Gasteiger partial charge < -0.3 is 14.3 Å². The average Bonchev–Trinajstić information content (AvgIpc) is 3.32. The number of furan rings is 1. The van der Waals surface area contributed by atoms with Crippen molar-refractivity contribution in [1.29, 1.82) is 0 Å². The van der Waals surface area contributed by atoms with Crippen LogP contribution < -0.4 is 5.32 Å². The van der Waals surface area contributed by atoms with Crippen LogP contribution in [-0.2, 0) is 19.5 Å². The summed E-state index contributed by atoms with van der Waals surface area (Å²) in [4.78, 5) is 18.7. The molecule has 1 N–H and O–H groups in total. The Morgan fingerprint density at radius 1 is 1.27 bits per heavy atom. The number of imidazole rings is 1. The molecule has 6 nitrogen and oxygen atoms in total. The van der Waals surface area contributed by atoms with Crippen molar-refractivity contribution in [1.82, 2.24) is 19.8 Å². The summed E-state index contributed by atoms with van der Waals surface area (Å²) in [5.74, 6) is 0.907. The van der Waals surface area contributed by atoms with Gasteiger partial charge in [-0.25, -0.2) is 4.98 Å². The lowest BCUT2D eigenvalue weighted by atomic mass is 9.94. The Bertz CT molecular complexity index is 885. The number of hydrogen-bond acceptors (Lipinski definition) is 4. The van der Waals surface area contributed by atoms with Crippen molar-refractivity contribution in [3.63, 3.8) is 0 Å². The second kappa shape index (κ2) is 7.17. The molecule has 0 radical (unpaired) electrons. The Morgan fingerprint density at radius 2 is 2.12 bits per heavy atom. The first kappa shape index (κ1) is 16.6. The minimum Gasteiger partial charge on any atom is -0.454 e. The van der Waals surface area contributed by atoms with Crippen LogP contribution in [0.3, 0.4) is 0 Å². The van der Waals surface area contributed by atoms with E-state index in [1.807, 2.05) is 16.8 Å². The lowest BCUT2D eigenvalue weighted by Crippen LogP contribution is -2.45. The fraction of sp³-hybridized carbons (Fsp3) is 0.300. The van der Waals surface area contributed by atoms with Gasteiger partial charge in [-0.1, -0.05) is 24.3 Å². The standard InChI is InChI=1S/C20H22N4O2/c1-23-12-16-5-3-2-4-15(16)10-17(23)11-22-20(25)19-7-6-18(26-19)13-24-9-8-21-14-24/h2-9,14,17H,10-13H2,1H3,(H,22,25). The molecule has 1 aliphatic heterocycles. The molecule has 134 valence electrons. The third-order valence-electron chi connectivity index (χ3n) is 4.90. The van der Waals surface area contributed by atoms with Gasteiger partial charge in [0.1, 0.15) is 5.76 Å². The van der Waals surface area contributed by atoms with Gasteiger partial charge in [0.05, 0.1) is 12.9 Å². The van der Waals surface area contributed by atoms with Gasteiger partial charge in [-0.05, 0) is 36.7 Å². The quantitative estimate of drug-likeness (QED) is 0.767. The summed E-state index contributed by atoms with van der Waals surface area (Å²) in [6, 6.07) is 12.3. The van der Waals surface area contributed by atoms with Crippen molar-refractivity contribution >= 4 is 5.91 Å². The molecule has 0 saturated carbocycles. The molecule has 3 aromatic rings. The maximum atomic E-state index is 12.4. The zero-order valence-corrected chi connectivity index (χ0v) is 14.8. The highest BCUT2D eigenvalue weighted by Crippen LogP contribution is 2.21. The third-order valence-corrected chi connectivity index (χ3v) is 4.90. The van der Waals surface area contributed by atoms with E-state index in [1.165, 1.54) is 11.1 Å². The number of likely N-dealkylation sites (N-methyl/N-ethyl adjacent to an activating group) is 1. The molecular weight excluding hydrogens is 328 g/mol. The van der Waals surface area contributed by atoms with Crippen molar-refractivity contribution in [2.24, 2.45) is 0 Å². The van der Waals surface area contributed by atoms with Crippen LogP contribution in [0.1, 0.15) is 27.4 Å². The smallest absolute Gasteiger partial charge is 0.287 e. The zero-order chi connectivity index (χ0) is 17.9. The number of benzene rings is 1. The van der Waals surface area contributed by atoms with Crippen molar-refractivity contribution < 1.29 is 9.21 Å². The number of carbonyl (C=O) groups is 1. The minimum absolute atomic E-state index is 0.172. The molecule has 0 spiro atoms. The predicted octanol–water partition coefficient (Wildman–Crippen LogP) is 2.31. The third kappa shape index (κ3) is 3.55. The zero-order valence-electron chi connectivity index (χ0n) is 14.8. The molecule has 3 heterocycles. The summed E-state index contributed by atoms with van der Waals surface area (Å²) < 4.78 is 7.57. The highest BCUT2D eigenvalue weighted by atomic mass is 16.4. The number of amides is 1. The largest absolute Gasteiger partial charge is 0.454 e. The van der Waals surface area contributed by atoms with E-state index in [9.17, 15) is 4.79 Å². The van der Waals surface area contributed by atoms with Gasteiger partial charge in [0.15, 0.2) is 5.76 Å². The van der Waals surface area contributed by atoms with Crippen LogP contribution in [0.2, 0.25) is 0 Å². The van der Waals surface area contributed by atoms with E-state index in [0.717, 1.165) is 18.7 Å². The number of nitrogens with zero attached hydrogens (tertiary/aromatic N) is 3. The Hall–Kier alpha value is -2.86. The molecule has 26 heavy (non-hydrogen) atoms. The summed E-state index contributed by atoms with van der Waals surface area (Å²) in [6.45, 7) is 2.07. The van der Waals surface area contributed by atoms with Crippen LogP contribution in [0.5, 0.6) is 0 Å². The molecule has 0 saturated heterocycles. The first-order valence-electron chi connectivity index (χ1n) is 8.79. The Morgan fingerprint density at radius 3 is 2.92 bits per heavy atom. The second-order valence-electron chi connectivity index (χ2n) is 6.75. The molecular formula is C20H22N4O2. The summed E-state index contributed by atoms with van der Waals surface area (Å²) in [6.07, 6.45) is 6.24. The Balaban J connectivity index is 1.35. The van der Waals surface area contributed by atoms with Gasteiger partial charge in [-0.3, -0.25) is 9.69 Å². The molecule has 0 aliphatic carbocycles. The molecule has 4 rings (SSSR count). The molecule has 1 aromatic carbocycles. The molecule has 6 heteroatoms. The Kier molecular flexibility index (Phi) is 4.58. The fourth-order valence-corrected chi connectivity index (χ4v) is 3.39. The van der Waals surface area contributed by atoms with E-state index < -0.39 is 0 Å². The molecule has 0 fully saturated rings. The van der Waals surface area contributed by atoms with Crippen LogP contribution >= 0.6 is 0 Å². The number of fused-ring (bicyclic) bond motifs is 1. The SMILES string of the molecule is CN1Cc2ccccc2CC1CNC(=O)c1ccc(Cn2ccnc2)o1. The van der Waals surface area contributed by atoms with Gasteiger partial charge in [0.25, 0.3) is 5.91 Å². The summed E-state index contributed by atoms with van der Waals surface area (Å²) in [7, 11) is 2.10. The first-order chi connectivity index (χ1) is 12.7. The van der Waals surface area contributed by atoms with E-state index >= 15 is 0 Å². The highest BCUT2D eigenvalue weighted by molar-refractivity contribution is 5.91. The first-order valence-corrected chi connectivity index (χ1v) is 8.79. The van der Waals surface area contributed by atoms with Crippen LogP contribution in [0.4, 0.5) is 0 Å². The highest BCUT2D eigenvalue weighted by Gasteiger charge is 2.24. The van der Waals surface area contributed by atoms with Gasteiger partial charge in [0.2, 0.25) is 0 Å². The minimum atomic E-state index is -0.172. The molecule has 1 amide bonds. The van der Waals surface area contributed by atoms with Gasteiger partial charge in [-0.15, -0.1) is 0 Å². The monoisotopic (exact) mass is 350 g/mol. The number of carbonyl (C=O) groups excluding carboxylic acids is 1. The molecule has 1 unspecified atom stereocenters. The van der Waals surface area contributed by atoms with E-state index in [2.05, 4.69) is 46.5 Å². The second-order valence-corrected chi connectivity index (χ2v) is 6.75. The van der Waals surface area contributed by atoms with Gasteiger partial charge >= 0.3 is 0 Å². The lowest BCUT2D eigenvalue weighted by molar-refractivity contribution is 0.0905. The topological polar surface area (TPSA) is 63.3 Å². The van der Waals surface area contributed by atoms with E-state index in [4.69, 9.17) is 4.42 Å². The van der Waals surface area contributed by atoms with Gasteiger partial charge in [-0.2, -0.15) is 0 Å². The van der Waals surface area contributed by atoms with Crippen LogP contribution in [0.15, 0.2) is 59.5 Å². The van der Waals surface area contributed by atoms with Crippen molar-refractivity contribution in [3.05, 3.63) is 77.8 Å². The summed E-state index contributed by atoms with van der Waals surface area (Å²) in [5, 5.41) is 3.01. The van der Waals surface area contributed by atoms with E-state index in [-0.39, 0.29) is 11.9 Å². The van der Waals surface area contributed by atoms with Crippen molar-refractivity contribution in [3.8, 4) is 0 Å². The molecule has 1 atom stereocenters. The maximum absolute atomic E-state index is 12.4. The van der Waals surface area contributed by atoms with Crippen LogP contribution in [0.25, 0.3) is 0 Å². The number of rotatable bonds is 5. The normalized spacial score (nSPS) is 17.0. The number of nitrogens with one attached hydrogen (secondary N) is 1. The molecule has 0 bridgehead atoms. The maximum Gasteiger partial charge on any atom is 0.287 e.